The molecule has 3 N–H and O–H groups in total. The molecule has 6 nitrogen and oxygen atoms in total. The second-order valence-electron chi connectivity index (χ2n) is 9.37. The molecule has 0 radical (unpaired) electrons. The van der Waals surface area contributed by atoms with Crippen molar-refractivity contribution in [1.29, 1.82) is 0 Å². The first-order valence-electron chi connectivity index (χ1n) is 10.8. The van der Waals surface area contributed by atoms with E-state index in [4.69, 9.17) is 0 Å². The summed E-state index contributed by atoms with van der Waals surface area (Å²) in [5, 5.41) is 2.95. The third-order valence-corrected chi connectivity index (χ3v) is 6.84. The van der Waals surface area contributed by atoms with Gasteiger partial charge in [0.15, 0.2) is 6.67 Å². The Morgan fingerprint density at radius 3 is 2.25 bits per heavy atom. The Morgan fingerprint density at radius 2 is 1.68 bits per heavy atom. The summed E-state index contributed by atoms with van der Waals surface area (Å²) in [7, 11) is 0. The monoisotopic (exact) mass is 386 g/mol. The van der Waals surface area contributed by atoms with Crippen LogP contribution in [0.15, 0.2) is 24.3 Å². The highest BCUT2D eigenvalue weighted by molar-refractivity contribution is 6.07. The van der Waals surface area contributed by atoms with Gasteiger partial charge in [0.25, 0.3) is 5.91 Å². The number of benzene rings is 1. The summed E-state index contributed by atoms with van der Waals surface area (Å²) >= 11 is 0. The molecule has 4 rings (SSSR count). The lowest BCUT2D eigenvalue weighted by Crippen LogP contribution is -3.28. The van der Waals surface area contributed by atoms with Gasteiger partial charge in [-0.1, -0.05) is 38.1 Å². The molecule has 3 fully saturated rings. The molecule has 152 valence electrons. The van der Waals surface area contributed by atoms with Gasteiger partial charge in [-0.25, -0.2) is 9.69 Å². The maximum atomic E-state index is 12.8. The summed E-state index contributed by atoms with van der Waals surface area (Å²) in [5.41, 5.74) is 2.11. The van der Waals surface area contributed by atoms with Gasteiger partial charge in [-0.05, 0) is 37.2 Å². The van der Waals surface area contributed by atoms with Crippen molar-refractivity contribution in [3.05, 3.63) is 35.4 Å². The Labute approximate surface area is 167 Å². The van der Waals surface area contributed by atoms with Gasteiger partial charge in [-0.2, -0.15) is 0 Å². The van der Waals surface area contributed by atoms with E-state index in [-0.39, 0.29) is 11.9 Å². The van der Waals surface area contributed by atoms with E-state index in [0.717, 1.165) is 45.6 Å². The summed E-state index contributed by atoms with van der Waals surface area (Å²) in [6, 6.07) is 8.80. The Bertz CT molecular complexity index is 735. The minimum Gasteiger partial charge on any atom is -0.323 e. The fourth-order valence-corrected chi connectivity index (χ4v) is 4.62. The van der Waals surface area contributed by atoms with E-state index in [9.17, 15) is 9.59 Å². The maximum absolute atomic E-state index is 12.8. The molecular formula is C22H34N4O2+2. The van der Waals surface area contributed by atoms with Crippen LogP contribution in [0.4, 0.5) is 4.79 Å². The van der Waals surface area contributed by atoms with Crippen LogP contribution in [0.2, 0.25) is 0 Å². The van der Waals surface area contributed by atoms with Gasteiger partial charge >= 0.3 is 6.03 Å². The highest BCUT2D eigenvalue weighted by atomic mass is 16.2. The van der Waals surface area contributed by atoms with Crippen molar-refractivity contribution in [1.82, 2.24) is 10.2 Å². The van der Waals surface area contributed by atoms with Crippen LogP contribution in [0.25, 0.3) is 0 Å². The van der Waals surface area contributed by atoms with Crippen LogP contribution in [-0.4, -0.2) is 55.2 Å². The van der Waals surface area contributed by atoms with Gasteiger partial charge in [0.2, 0.25) is 0 Å². The van der Waals surface area contributed by atoms with E-state index in [0.29, 0.717) is 18.5 Å². The summed E-state index contributed by atoms with van der Waals surface area (Å²) in [6.45, 7) is 12.0. The topological polar surface area (TPSA) is 58.3 Å². The lowest BCUT2D eigenvalue weighted by molar-refractivity contribution is -1.02. The third-order valence-electron chi connectivity index (χ3n) is 6.84. The normalized spacial score (nSPS) is 30.8. The Balaban J connectivity index is 1.27. The molecule has 2 aliphatic heterocycles. The number of quaternary nitrogens is 2. The van der Waals surface area contributed by atoms with Crippen LogP contribution in [0.1, 0.15) is 50.7 Å². The molecule has 1 aliphatic carbocycles. The first kappa shape index (κ1) is 19.4. The second-order valence-corrected chi connectivity index (χ2v) is 9.37. The van der Waals surface area contributed by atoms with Gasteiger partial charge in [0.1, 0.15) is 38.3 Å². The highest BCUT2D eigenvalue weighted by Crippen LogP contribution is 2.42. The largest absolute Gasteiger partial charge is 0.329 e. The molecule has 3 amide bonds. The van der Waals surface area contributed by atoms with Crippen LogP contribution in [-0.2, 0) is 11.3 Å². The molecule has 28 heavy (non-hydrogen) atoms. The molecule has 2 saturated heterocycles. The minimum atomic E-state index is -0.661. The van der Waals surface area contributed by atoms with Gasteiger partial charge < -0.3 is 15.1 Å². The number of carbonyl (C=O) groups is 2. The number of rotatable bonds is 6. The molecule has 1 atom stereocenters. The highest BCUT2D eigenvalue weighted by Gasteiger charge is 2.56. The zero-order chi connectivity index (χ0) is 19.9. The SMILES string of the molecule is CC(C)c1ccc(C[NH+]2CC[NH+](CN3C(=O)N[C@@](C)(C4CC4)C3=O)CC2)cc1. The number of amides is 3. The van der Waals surface area contributed by atoms with Gasteiger partial charge in [0.05, 0.1) is 0 Å². The number of nitrogens with zero attached hydrogens (tertiary/aromatic N) is 1. The molecule has 3 aliphatic rings. The summed E-state index contributed by atoms with van der Waals surface area (Å²) in [4.78, 5) is 29.5. The number of piperazine rings is 1. The fourth-order valence-electron chi connectivity index (χ4n) is 4.62. The molecule has 0 unspecified atom stereocenters. The molecule has 1 aromatic rings. The second kappa shape index (κ2) is 7.48. The summed E-state index contributed by atoms with van der Waals surface area (Å²) < 4.78 is 0. The van der Waals surface area contributed by atoms with E-state index in [1.54, 1.807) is 4.90 Å². The molecule has 0 aromatic heterocycles. The van der Waals surface area contributed by atoms with Crippen molar-refractivity contribution < 1.29 is 19.4 Å². The predicted molar refractivity (Wildman–Crippen MR) is 107 cm³/mol. The summed E-state index contributed by atoms with van der Waals surface area (Å²) in [5.74, 6) is 0.876. The number of urea groups is 1. The first-order chi connectivity index (χ1) is 13.4. The molecule has 1 aromatic carbocycles. The lowest BCUT2D eigenvalue weighted by atomic mass is 9.96. The number of imide groups is 1. The van der Waals surface area contributed by atoms with Crippen LogP contribution < -0.4 is 15.1 Å². The molecule has 0 bridgehead atoms. The van der Waals surface area contributed by atoms with Crippen molar-refractivity contribution in [3.63, 3.8) is 0 Å². The van der Waals surface area contributed by atoms with E-state index in [1.807, 2.05) is 6.92 Å². The van der Waals surface area contributed by atoms with Crippen LogP contribution >= 0.6 is 0 Å². The average Bonchev–Trinajstić information content (AvgIpc) is 3.50. The van der Waals surface area contributed by atoms with Crippen LogP contribution in [0, 0.1) is 5.92 Å². The smallest absolute Gasteiger partial charge is 0.323 e. The lowest BCUT2D eigenvalue weighted by Gasteiger charge is -2.31. The van der Waals surface area contributed by atoms with E-state index in [2.05, 4.69) is 43.4 Å². The molecule has 1 saturated carbocycles. The first-order valence-corrected chi connectivity index (χ1v) is 10.8. The molecule has 2 heterocycles. The fraction of sp³-hybridized carbons (Fsp3) is 0.636. The van der Waals surface area contributed by atoms with Crippen LogP contribution in [0.5, 0.6) is 0 Å². The standard InChI is InChI=1S/C22H32N4O2/c1-16(2)18-6-4-17(5-7-18)14-24-10-12-25(13-11-24)15-26-20(27)22(3,19-8-9-19)23-21(26)28/h4-7,16,19H,8-15H2,1-3H3,(H,23,28)/p+2/t22-/m0/s1. The molecule has 0 spiro atoms. The predicted octanol–water partition coefficient (Wildman–Crippen LogP) is -0.229. The van der Waals surface area contributed by atoms with Gasteiger partial charge in [-0.3, -0.25) is 4.79 Å². The van der Waals surface area contributed by atoms with E-state index in [1.165, 1.54) is 20.9 Å². The third kappa shape index (κ3) is 3.80. The van der Waals surface area contributed by atoms with E-state index < -0.39 is 5.54 Å². The van der Waals surface area contributed by atoms with Crippen molar-refractivity contribution in [2.45, 2.75) is 51.6 Å². The van der Waals surface area contributed by atoms with Crippen molar-refractivity contribution >= 4 is 11.9 Å². The minimum absolute atomic E-state index is 0.0208. The number of hydrogen-bond acceptors (Lipinski definition) is 2. The van der Waals surface area contributed by atoms with E-state index >= 15 is 0 Å². The quantitative estimate of drug-likeness (QED) is 0.592. The zero-order valence-corrected chi connectivity index (χ0v) is 17.4. The van der Waals surface area contributed by atoms with Gasteiger partial charge in [-0.15, -0.1) is 0 Å². The van der Waals surface area contributed by atoms with Crippen molar-refractivity contribution in [2.24, 2.45) is 5.92 Å². The summed E-state index contributed by atoms with van der Waals surface area (Å²) in [6.07, 6.45) is 2.09. The van der Waals surface area contributed by atoms with Crippen LogP contribution in [0.3, 0.4) is 0 Å². The van der Waals surface area contributed by atoms with Crippen molar-refractivity contribution in [3.8, 4) is 0 Å². The average molecular weight is 387 g/mol. The zero-order valence-electron chi connectivity index (χ0n) is 17.4. The molecule has 6 heteroatoms. The van der Waals surface area contributed by atoms with Gasteiger partial charge in [0, 0.05) is 5.56 Å². The number of nitrogens with one attached hydrogen (secondary N) is 3. The Morgan fingerprint density at radius 1 is 1.07 bits per heavy atom. The Hall–Kier alpha value is -1.92. The molecular weight excluding hydrogens is 352 g/mol. The number of hydrogen-bond donors (Lipinski definition) is 3. The maximum Gasteiger partial charge on any atom is 0.329 e. The number of carbonyl (C=O) groups excluding carboxylic acids is 2. The van der Waals surface area contributed by atoms with Crippen molar-refractivity contribution in [2.75, 3.05) is 32.8 Å². The Kier molecular flexibility index (Phi) is 5.19.